The lowest BCUT2D eigenvalue weighted by Gasteiger charge is -2.32. The summed E-state index contributed by atoms with van der Waals surface area (Å²) in [6.07, 6.45) is 4.18. The van der Waals surface area contributed by atoms with Crippen LogP contribution in [0.2, 0.25) is 0 Å². The molecule has 1 aromatic rings. The van der Waals surface area contributed by atoms with E-state index in [9.17, 15) is 4.79 Å². The molecule has 2 saturated heterocycles. The molecule has 2 fully saturated rings. The van der Waals surface area contributed by atoms with Crippen LogP contribution >= 0.6 is 0 Å². The minimum Gasteiger partial charge on any atom is -0.379 e. The van der Waals surface area contributed by atoms with Crippen molar-refractivity contribution in [2.45, 2.75) is 25.8 Å². The van der Waals surface area contributed by atoms with Gasteiger partial charge in [-0.25, -0.2) is 9.78 Å². The van der Waals surface area contributed by atoms with Crippen molar-refractivity contribution in [3.05, 3.63) is 18.3 Å². The molecule has 0 aliphatic carbocycles. The smallest absolute Gasteiger partial charge is 0.319 e. The Morgan fingerprint density at radius 2 is 2.00 bits per heavy atom. The highest BCUT2D eigenvalue weighted by Gasteiger charge is 2.17. The molecule has 132 valence electrons. The first-order valence-corrected chi connectivity index (χ1v) is 8.80. The highest BCUT2D eigenvalue weighted by Crippen LogP contribution is 2.18. The van der Waals surface area contributed by atoms with Crippen molar-refractivity contribution >= 4 is 17.5 Å². The molecule has 3 rings (SSSR count). The molecule has 24 heavy (non-hydrogen) atoms. The molecule has 2 N–H and O–H groups in total. The summed E-state index contributed by atoms with van der Waals surface area (Å²) in [7, 11) is 0. The minimum absolute atomic E-state index is 0.189. The van der Waals surface area contributed by atoms with Crippen molar-refractivity contribution in [1.29, 1.82) is 0 Å². The zero-order valence-corrected chi connectivity index (χ0v) is 14.3. The zero-order chi connectivity index (χ0) is 16.8. The molecule has 0 saturated carbocycles. The van der Waals surface area contributed by atoms with Gasteiger partial charge < -0.3 is 20.3 Å². The van der Waals surface area contributed by atoms with Gasteiger partial charge in [0.1, 0.15) is 5.82 Å². The number of carbonyl (C=O) groups excluding carboxylic acids is 1. The van der Waals surface area contributed by atoms with E-state index >= 15 is 0 Å². The monoisotopic (exact) mass is 333 g/mol. The molecule has 3 heterocycles. The average Bonchev–Trinajstić information content (AvgIpc) is 3.16. The fraction of sp³-hybridized carbons (Fsp3) is 0.647. The number of morpholine rings is 1. The van der Waals surface area contributed by atoms with Crippen molar-refractivity contribution in [2.75, 3.05) is 56.2 Å². The fourth-order valence-electron chi connectivity index (χ4n) is 3.16. The lowest BCUT2D eigenvalue weighted by Crippen LogP contribution is -2.47. The van der Waals surface area contributed by atoms with E-state index in [1.54, 1.807) is 6.20 Å². The van der Waals surface area contributed by atoms with Gasteiger partial charge in [-0.3, -0.25) is 4.90 Å². The number of rotatable bonds is 5. The van der Waals surface area contributed by atoms with Crippen LogP contribution in [0, 0.1) is 0 Å². The summed E-state index contributed by atoms with van der Waals surface area (Å²) in [5, 5.41) is 5.77. The summed E-state index contributed by atoms with van der Waals surface area (Å²) in [6, 6.07) is 3.99. The standard InChI is InChI=1S/C17H27N5O2/c1-14(21-8-10-24-11-9-21)12-19-17(23)20-15-4-5-16(18-13-15)22-6-2-3-7-22/h4-5,13-14H,2-3,6-12H2,1H3,(H2,19,20,23). The molecule has 1 atom stereocenters. The summed E-state index contributed by atoms with van der Waals surface area (Å²) in [6.45, 7) is 8.26. The highest BCUT2D eigenvalue weighted by molar-refractivity contribution is 5.89. The molecule has 2 aliphatic heterocycles. The van der Waals surface area contributed by atoms with Gasteiger partial charge in [-0.05, 0) is 31.9 Å². The van der Waals surface area contributed by atoms with Gasteiger partial charge in [0.25, 0.3) is 0 Å². The zero-order valence-electron chi connectivity index (χ0n) is 14.3. The fourth-order valence-corrected chi connectivity index (χ4v) is 3.16. The van der Waals surface area contributed by atoms with Gasteiger partial charge >= 0.3 is 6.03 Å². The molecule has 1 unspecified atom stereocenters. The number of aromatic nitrogens is 1. The summed E-state index contributed by atoms with van der Waals surface area (Å²) in [5.41, 5.74) is 0.717. The summed E-state index contributed by atoms with van der Waals surface area (Å²) in [5.74, 6) is 0.986. The van der Waals surface area contributed by atoms with Crippen LogP contribution in [0.15, 0.2) is 18.3 Å². The average molecular weight is 333 g/mol. The maximum Gasteiger partial charge on any atom is 0.319 e. The molecular formula is C17H27N5O2. The molecule has 1 aromatic heterocycles. The van der Waals surface area contributed by atoms with Gasteiger partial charge in [-0.15, -0.1) is 0 Å². The van der Waals surface area contributed by atoms with E-state index in [2.05, 4.69) is 32.3 Å². The van der Waals surface area contributed by atoms with Crippen LogP contribution in [-0.4, -0.2) is 67.9 Å². The predicted molar refractivity (Wildman–Crippen MR) is 94.6 cm³/mol. The number of nitrogens with one attached hydrogen (secondary N) is 2. The van der Waals surface area contributed by atoms with Crippen molar-refractivity contribution in [3.8, 4) is 0 Å². The van der Waals surface area contributed by atoms with Gasteiger partial charge in [0, 0.05) is 38.8 Å². The highest BCUT2D eigenvalue weighted by atomic mass is 16.5. The molecular weight excluding hydrogens is 306 g/mol. The second-order valence-electron chi connectivity index (χ2n) is 6.43. The molecule has 7 nitrogen and oxygen atoms in total. The quantitative estimate of drug-likeness (QED) is 0.855. The Hall–Kier alpha value is -1.86. The number of pyridine rings is 1. The number of carbonyl (C=O) groups is 1. The van der Waals surface area contributed by atoms with Gasteiger partial charge in [0.2, 0.25) is 0 Å². The number of ether oxygens (including phenoxy) is 1. The van der Waals surface area contributed by atoms with E-state index in [0.29, 0.717) is 12.6 Å². The van der Waals surface area contributed by atoms with Crippen molar-refractivity contribution in [1.82, 2.24) is 15.2 Å². The van der Waals surface area contributed by atoms with Crippen molar-refractivity contribution < 1.29 is 9.53 Å². The largest absolute Gasteiger partial charge is 0.379 e. The molecule has 0 spiro atoms. The summed E-state index contributed by atoms with van der Waals surface area (Å²) < 4.78 is 5.35. The first kappa shape index (κ1) is 17.0. The second-order valence-corrected chi connectivity index (χ2v) is 6.43. The van der Waals surface area contributed by atoms with Gasteiger partial charge in [0.15, 0.2) is 0 Å². The van der Waals surface area contributed by atoms with Crippen LogP contribution in [0.25, 0.3) is 0 Å². The Bertz CT molecular complexity index is 524. The van der Waals surface area contributed by atoms with Gasteiger partial charge in [0.05, 0.1) is 25.1 Å². The normalized spacial score (nSPS) is 20.0. The van der Waals surface area contributed by atoms with Crippen LogP contribution in [0.1, 0.15) is 19.8 Å². The van der Waals surface area contributed by atoms with Gasteiger partial charge in [-0.1, -0.05) is 0 Å². The Balaban J connectivity index is 1.42. The molecule has 0 bridgehead atoms. The molecule has 0 aromatic carbocycles. The lowest BCUT2D eigenvalue weighted by atomic mass is 10.2. The number of nitrogens with zero attached hydrogens (tertiary/aromatic N) is 3. The third-order valence-electron chi connectivity index (χ3n) is 4.66. The number of hydrogen-bond donors (Lipinski definition) is 2. The minimum atomic E-state index is -0.189. The van der Waals surface area contributed by atoms with Crippen LogP contribution < -0.4 is 15.5 Å². The Labute approximate surface area is 143 Å². The maximum absolute atomic E-state index is 12.0. The van der Waals surface area contributed by atoms with Crippen LogP contribution in [0.4, 0.5) is 16.3 Å². The Morgan fingerprint density at radius 3 is 2.67 bits per heavy atom. The van der Waals surface area contributed by atoms with Crippen molar-refractivity contribution in [2.24, 2.45) is 0 Å². The Morgan fingerprint density at radius 1 is 1.25 bits per heavy atom. The van der Waals surface area contributed by atoms with E-state index in [1.165, 1.54) is 12.8 Å². The number of anilines is 2. The SMILES string of the molecule is CC(CNC(=O)Nc1ccc(N2CCCC2)nc1)N1CCOCC1. The molecule has 7 heteroatoms. The van der Waals surface area contributed by atoms with Crippen LogP contribution in [-0.2, 0) is 4.74 Å². The topological polar surface area (TPSA) is 69.7 Å². The van der Waals surface area contributed by atoms with E-state index in [-0.39, 0.29) is 6.03 Å². The van der Waals surface area contributed by atoms with Crippen molar-refractivity contribution in [3.63, 3.8) is 0 Å². The van der Waals surface area contributed by atoms with E-state index in [1.807, 2.05) is 12.1 Å². The van der Waals surface area contributed by atoms with E-state index < -0.39 is 0 Å². The maximum atomic E-state index is 12.0. The summed E-state index contributed by atoms with van der Waals surface area (Å²) >= 11 is 0. The lowest BCUT2D eigenvalue weighted by molar-refractivity contribution is 0.0209. The number of hydrogen-bond acceptors (Lipinski definition) is 5. The van der Waals surface area contributed by atoms with E-state index in [0.717, 1.165) is 50.9 Å². The van der Waals surface area contributed by atoms with Crippen LogP contribution in [0.3, 0.4) is 0 Å². The third kappa shape index (κ3) is 4.58. The summed E-state index contributed by atoms with van der Waals surface area (Å²) in [4.78, 5) is 21.1. The molecule has 0 radical (unpaired) electrons. The Kier molecular flexibility index (Phi) is 5.87. The second kappa shape index (κ2) is 8.30. The third-order valence-corrected chi connectivity index (χ3v) is 4.66. The number of amides is 2. The van der Waals surface area contributed by atoms with E-state index in [4.69, 9.17) is 4.74 Å². The molecule has 2 aliphatic rings. The predicted octanol–water partition coefficient (Wildman–Crippen LogP) is 1.52. The van der Waals surface area contributed by atoms with Crippen LogP contribution in [0.5, 0.6) is 0 Å². The first-order valence-electron chi connectivity index (χ1n) is 8.80. The first-order chi connectivity index (χ1) is 11.7. The molecule has 2 amide bonds. The van der Waals surface area contributed by atoms with Gasteiger partial charge in [-0.2, -0.15) is 0 Å². The number of urea groups is 1.